The number of rotatable bonds is 7. The zero-order valence-corrected chi connectivity index (χ0v) is 16.8. The molecule has 0 heterocycles. The van der Waals surface area contributed by atoms with Gasteiger partial charge in [0.1, 0.15) is 11.6 Å². The second kappa shape index (κ2) is 9.90. The number of ether oxygens (including phenoxy) is 2. The van der Waals surface area contributed by atoms with Gasteiger partial charge in [-0.05, 0) is 45.4 Å². The molecule has 2 rings (SSSR count). The maximum absolute atomic E-state index is 12.7. The standard InChI is InChI=1S/C22H28N2O4/c1-16-10-12-18(13-11-16)23-20(25)19(24-21(26)28-22(2,3)4)15-27-14-17-8-6-5-7-9-17/h5-13,19H,14-15H2,1-4H3,(H,23,25)(H,24,26). The number of nitrogens with one attached hydrogen (secondary N) is 2. The van der Waals surface area contributed by atoms with Crippen molar-refractivity contribution in [2.24, 2.45) is 0 Å². The Morgan fingerprint density at radius 1 is 1.00 bits per heavy atom. The van der Waals surface area contributed by atoms with Crippen molar-refractivity contribution in [2.45, 2.75) is 45.9 Å². The van der Waals surface area contributed by atoms with Crippen molar-refractivity contribution in [1.82, 2.24) is 5.32 Å². The van der Waals surface area contributed by atoms with Crippen LogP contribution in [0, 0.1) is 6.92 Å². The van der Waals surface area contributed by atoms with Crippen molar-refractivity contribution in [3.8, 4) is 0 Å². The monoisotopic (exact) mass is 384 g/mol. The maximum atomic E-state index is 12.7. The van der Waals surface area contributed by atoms with E-state index < -0.39 is 17.7 Å². The summed E-state index contributed by atoms with van der Waals surface area (Å²) in [5.74, 6) is -0.372. The summed E-state index contributed by atoms with van der Waals surface area (Å²) in [6.07, 6.45) is -0.667. The van der Waals surface area contributed by atoms with E-state index in [1.807, 2.05) is 61.5 Å². The van der Waals surface area contributed by atoms with Crippen LogP contribution in [0.25, 0.3) is 0 Å². The van der Waals surface area contributed by atoms with Crippen molar-refractivity contribution in [2.75, 3.05) is 11.9 Å². The highest BCUT2D eigenvalue weighted by atomic mass is 16.6. The van der Waals surface area contributed by atoms with E-state index in [0.29, 0.717) is 12.3 Å². The van der Waals surface area contributed by atoms with Crippen LogP contribution in [0.5, 0.6) is 0 Å². The zero-order valence-electron chi connectivity index (χ0n) is 16.8. The van der Waals surface area contributed by atoms with Gasteiger partial charge >= 0.3 is 6.09 Å². The van der Waals surface area contributed by atoms with Crippen molar-refractivity contribution in [3.05, 3.63) is 65.7 Å². The third kappa shape index (κ3) is 7.80. The fourth-order valence-corrected chi connectivity index (χ4v) is 2.37. The van der Waals surface area contributed by atoms with Crippen LogP contribution >= 0.6 is 0 Å². The highest BCUT2D eigenvalue weighted by Crippen LogP contribution is 2.11. The molecule has 0 spiro atoms. The summed E-state index contributed by atoms with van der Waals surface area (Å²) in [6, 6.07) is 16.1. The Kier molecular flexibility index (Phi) is 7.58. The average Bonchev–Trinajstić information content (AvgIpc) is 2.62. The Balaban J connectivity index is 2.00. The molecule has 0 fully saturated rings. The number of amides is 2. The molecular weight excluding hydrogens is 356 g/mol. The number of carbonyl (C=O) groups excluding carboxylic acids is 2. The van der Waals surface area contributed by atoms with Gasteiger partial charge in [-0.25, -0.2) is 4.79 Å². The first-order valence-corrected chi connectivity index (χ1v) is 9.22. The summed E-state index contributed by atoms with van der Waals surface area (Å²) in [4.78, 5) is 24.8. The molecule has 0 saturated heterocycles. The van der Waals surface area contributed by atoms with Gasteiger partial charge in [0.25, 0.3) is 0 Å². The first-order valence-electron chi connectivity index (χ1n) is 9.22. The van der Waals surface area contributed by atoms with Crippen molar-refractivity contribution < 1.29 is 19.1 Å². The second-order valence-electron chi connectivity index (χ2n) is 7.55. The molecule has 6 heteroatoms. The summed E-state index contributed by atoms with van der Waals surface area (Å²) in [5.41, 5.74) is 2.06. The molecule has 0 radical (unpaired) electrons. The van der Waals surface area contributed by atoms with Crippen molar-refractivity contribution in [1.29, 1.82) is 0 Å². The molecule has 0 aliphatic carbocycles. The van der Waals surface area contributed by atoms with Crippen LogP contribution in [0.4, 0.5) is 10.5 Å². The highest BCUT2D eigenvalue weighted by Gasteiger charge is 2.24. The first kappa shape index (κ1) is 21.4. The lowest BCUT2D eigenvalue weighted by Gasteiger charge is -2.23. The Morgan fingerprint density at radius 2 is 1.64 bits per heavy atom. The van der Waals surface area contributed by atoms with E-state index in [-0.39, 0.29) is 12.5 Å². The predicted molar refractivity (Wildman–Crippen MR) is 109 cm³/mol. The van der Waals surface area contributed by atoms with Gasteiger partial charge in [-0.15, -0.1) is 0 Å². The van der Waals surface area contributed by atoms with E-state index in [1.165, 1.54) is 0 Å². The van der Waals surface area contributed by atoms with Crippen LogP contribution in [0.1, 0.15) is 31.9 Å². The molecule has 0 bridgehead atoms. The van der Waals surface area contributed by atoms with E-state index in [9.17, 15) is 9.59 Å². The topological polar surface area (TPSA) is 76.7 Å². The molecule has 0 saturated carbocycles. The minimum absolute atomic E-state index is 0.0197. The molecule has 6 nitrogen and oxygen atoms in total. The number of carbonyl (C=O) groups is 2. The van der Waals surface area contributed by atoms with E-state index in [0.717, 1.165) is 11.1 Å². The van der Waals surface area contributed by atoms with Gasteiger partial charge in [0.05, 0.1) is 13.2 Å². The summed E-state index contributed by atoms with van der Waals surface area (Å²) in [5, 5.41) is 5.39. The van der Waals surface area contributed by atoms with Gasteiger partial charge in [0, 0.05) is 5.69 Å². The van der Waals surface area contributed by atoms with E-state index in [1.54, 1.807) is 20.8 Å². The Morgan fingerprint density at radius 3 is 2.25 bits per heavy atom. The molecule has 0 aliphatic rings. The normalized spacial score (nSPS) is 12.1. The van der Waals surface area contributed by atoms with Gasteiger partial charge in [-0.3, -0.25) is 4.79 Å². The molecule has 2 amide bonds. The lowest BCUT2D eigenvalue weighted by atomic mass is 10.2. The van der Waals surface area contributed by atoms with Crippen molar-refractivity contribution >= 4 is 17.7 Å². The van der Waals surface area contributed by atoms with Gasteiger partial charge in [-0.1, -0.05) is 48.0 Å². The molecule has 1 unspecified atom stereocenters. The molecule has 28 heavy (non-hydrogen) atoms. The van der Waals surface area contributed by atoms with Gasteiger partial charge in [-0.2, -0.15) is 0 Å². The van der Waals surface area contributed by atoms with E-state index >= 15 is 0 Å². The number of alkyl carbamates (subject to hydrolysis) is 1. The highest BCUT2D eigenvalue weighted by molar-refractivity contribution is 5.96. The molecule has 2 aromatic carbocycles. The average molecular weight is 384 g/mol. The molecule has 0 aliphatic heterocycles. The van der Waals surface area contributed by atoms with Crippen LogP contribution in [0.3, 0.4) is 0 Å². The summed E-state index contributed by atoms with van der Waals surface area (Å²) in [6.45, 7) is 7.62. The second-order valence-corrected chi connectivity index (χ2v) is 7.55. The summed E-state index contributed by atoms with van der Waals surface area (Å²) in [7, 11) is 0. The smallest absolute Gasteiger partial charge is 0.408 e. The lowest BCUT2D eigenvalue weighted by Crippen LogP contribution is -2.48. The molecule has 1 atom stereocenters. The van der Waals surface area contributed by atoms with Crippen LogP contribution in [-0.4, -0.2) is 30.3 Å². The molecule has 2 aromatic rings. The largest absolute Gasteiger partial charge is 0.444 e. The minimum atomic E-state index is -0.889. The Bertz CT molecular complexity index is 767. The zero-order chi connectivity index (χ0) is 20.6. The predicted octanol–water partition coefficient (Wildman–Crippen LogP) is 4.04. The lowest BCUT2D eigenvalue weighted by molar-refractivity contribution is -0.119. The Hall–Kier alpha value is -2.86. The molecular formula is C22H28N2O4. The molecule has 0 aromatic heterocycles. The van der Waals surface area contributed by atoms with E-state index in [2.05, 4.69) is 10.6 Å². The van der Waals surface area contributed by atoms with Crippen LogP contribution in [-0.2, 0) is 20.9 Å². The summed E-state index contributed by atoms with van der Waals surface area (Å²) >= 11 is 0. The first-order chi connectivity index (χ1) is 13.2. The number of hydrogen-bond donors (Lipinski definition) is 2. The summed E-state index contributed by atoms with van der Waals surface area (Å²) < 4.78 is 10.9. The number of hydrogen-bond acceptors (Lipinski definition) is 4. The fourth-order valence-electron chi connectivity index (χ4n) is 2.37. The van der Waals surface area contributed by atoms with E-state index in [4.69, 9.17) is 9.47 Å². The number of anilines is 1. The fraction of sp³-hybridized carbons (Fsp3) is 0.364. The number of aryl methyl sites for hydroxylation is 1. The number of benzene rings is 2. The van der Waals surface area contributed by atoms with Gasteiger partial charge in [0.15, 0.2) is 0 Å². The van der Waals surface area contributed by atoms with Crippen LogP contribution < -0.4 is 10.6 Å². The quantitative estimate of drug-likeness (QED) is 0.755. The van der Waals surface area contributed by atoms with Gasteiger partial charge in [0.2, 0.25) is 5.91 Å². The Labute approximate surface area is 166 Å². The molecule has 150 valence electrons. The van der Waals surface area contributed by atoms with Crippen LogP contribution in [0.2, 0.25) is 0 Å². The molecule has 2 N–H and O–H groups in total. The minimum Gasteiger partial charge on any atom is -0.444 e. The SMILES string of the molecule is Cc1ccc(NC(=O)C(COCc2ccccc2)NC(=O)OC(C)(C)C)cc1. The third-order valence-corrected chi connectivity index (χ3v) is 3.72. The van der Waals surface area contributed by atoms with Gasteiger partial charge < -0.3 is 20.1 Å². The maximum Gasteiger partial charge on any atom is 0.408 e. The third-order valence-electron chi connectivity index (χ3n) is 3.72. The van der Waals surface area contributed by atoms with Crippen molar-refractivity contribution in [3.63, 3.8) is 0 Å². The van der Waals surface area contributed by atoms with Crippen LogP contribution in [0.15, 0.2) is 54.6 Å².